The number of rotatable bonds is 3. The van der Waals surface area contributed by atoms with Crippen LogP contribution < -0.4 is 4.74 Å². The van der Waals surface area contributed by atoms with Crippen molar-refractivity contribution in [1.29, 1.82) is 0 Å². The Morgan fingerprint density at radius 1 is 1.00 bits per heavy atom. The molecule has 0 amide bonds. The molecule has 2 rings (SSSR count). The summed E-state index contributed by atoms with van der Waals surface area (Å²) in [6.07, 6.45) is 0. The van der Waals surface area contributed by atoms with Crippen molar-refractivity contribution in [2.45, 2.75) is 0 Å². The number of aromatic hydroxyl groups is 1. The van der Waals surface area contributed by atoms with E-state index in [1.807, 2.05) is 45.2 Å². The summed E-state index contributed by atoms with van der Waals surface area (Å²) in [6, 6.07) is 8.68. The molecule has 0 aromatic heterocycles. The van der Waals surface area contributed by atoms with Gasteiger partial charge in [0.15, 0.2) is 0 Å². The van der Waals surface area contributed by atoms with Crippen molar-refractivity contribution >= 4 is 57.1 Å². The zero-order valence-electron chi connectivity index (χ0n) is 10.3. The minimum atomic E-state index is -1.10. The molecule has 0 heterocycles. The first kappa shape index (κ1) is 16.0. The fourth-order valence-corrected chi connectivity index (χ4v) is 3.31. The van der Waals surface area contributed by atoms with Gasteiger partial charge in [0, 0.05) is 0 Å². The van der Waals surface area contributed by atoms with Crippen molar-refractivity contribution in [3.8, 4) is 11.5 Å². The third kappa shape index (κ3) is 3.84. The molecule has 0 aliphatic carbocycles. The minimum absolute atomic E-state index is 0.0372. The maximum atomic E-state index is 12.1. The smallest absolute Gasteiger partial charge is 0.343 e. The van der Waals surface area contributed by atoms with E-state index in [0.29, 0.717) is 7.14 Å². The molecule has 0 unspecified atom stereocenters. The Kier molecular flexibility index (Phi) is 5.04. The number of phenols is 1. The summed E-state index contributed by atoms with van der Waals surface area (Å²) >= 11 is 3.83. The first-order valence-electron chi connectivity index (χ1n) is 5.62. The topological polar surface area (TPSA) is 83.8 Å². The maximum absolute atomic E-state index is 12.1. The van der Waals surface area contributed by atoms with Crippen LogP contribution in [0.1, 0.15) is 20.7 Å². The molecule has 0 saturated carbocycles. The Morgan fingerprint density at radius 3 is 2.19 bits per heavy atom. The highest BCUT2D eigenvalue weighted by atomic mass is 127. The first-order chi connectivity index (χ1) is 9.88. The maximum Gasteiger partial charge on any atom is 0.343 e. The molecule has 21 heavy (non-hydrogen) atoms. The zero-order chi connectivity index (χ0) is 15.6. The number of benzene rings is 2. The largest absolute Gasteiger partial charge is 0.506 e. The second kappa shape index (κ2) is 6.60. The lowest BCUT2D eigenvalue weighted by Gasteiger charge is -2.07. The number of phenolic OH excluding ortho intramolecular Hbond substituents is 1. The molecule has 0 saturated heterocycles. The van der Waals surface area contributed by atoms with Crippen LogP contribution in [0.5, 0.6) is 11.5 Å². The molecule has 0 aliphatic rings. The summed E-state index contributed by atoms with van der Waals surface area (Å²) in [5, 5.41) is 18.6. The molecule has 0 spiro atoms. The Balaban J connectivity index is 2.26. The summed E-state index contributed by atoms with van der Waals surface area (Å²) in [5.41, 5.74) is 0.317. The van der Waals surface area contributed by atoms with Crippen molar-refractivity contribution in [3.63, 3.8) is 0 Å². The highest BCUT2D eigenvalue weighted by Crippen LogP contribution is 2.28. The van der Waals surface area contributed by atoms with E-state index >= 15 is 0 Å². The number of esters is 1. The number of carbonyl (C=O) groups is 2. The fraction of sp³-hybridized carbons (Fsp3) is 0. The monoisotopic (exact) mass is 510 g/mol. The van der Waals surface area contributed by atoms with Gasteiger partial charge in [-0.2, -0.15) is 0 Å². The van der Waals surface area contributed by atoms with Crippen LogP contribution in [0.15, 0.2) is 36.4 Å². The highest BCUT2D eigenvalue weighted by molar-refractivity contribution is 14.1. The van der Waals surface area contributed by atoms with Crippen molar-refractivity contribution in [3.05, 3.63) is 54.7 Å². The lowest BCUT2D eigenvalue weighted by atomic mass is 10.2. The van der Waals surface area contributed by atoms with Gasteiger partial charge in [0.1, 0.15) is 11.5 Å². The third-order valence-corrected chi connectivity index (χ3v) is 4.19. The Hall–Kier alpha value is -1.36. The summed E-state index contributed by atoms with van der Waals surface area (Å²) in [5.74, 6) is -1.45. The van der Waals surface area contributed by atoms with Gasteiger partial charge < -0.3 is 14.9 Å². The molecule has 2 N–H and O–H groups in total. The van der Waals surface area contributed by atoms with Gasteiger partial charge >= 0.3 is 11.9 Å². The second-order valence-corrected chi connectivity index (χ2v) is 6.34. The predicted octanol–water partition coefficient (Wildman–Crippen LogP) is 3.52. The van der Waals surface area contributed by atoms with E-state index in [4.69, 9.17) is 9.84 Å². The first-order valence-corrected chi connectivity index (χ1v) is 7.78. The number of aromatic carboxylic acids is 1. The average molecular weight is 510 g/mol. The molecule has 0 aliphatic heterocycles. The number of hydrogen-bond donors (Lipinski definition) is 2. The third-order valence-electron chi connectivity index (χ3n) is 2.54. The lowest BCUT2D eigenvalue weighted by molar-refractivity contribution is 0.0687. The summed E-state index contributed by atoms with van der Waals surface area (Å²) in [6.45, 7) is 0. The number of hydrogen-bond acceptors (Lipinski definition) is 4. The van der Waals surface area contributed by atoms with E-state index in [0.717, 1.165) is 0 Å². The van der Waals surface area contributed by atoms with Gasteiger partial charge in [-0.25, -0.2) is 9.59 Å². The van der Waals surface area contributed by atoms with Gasteiger partial charge in [0.05, 0.1) is 18.3 Å². The molecule has 108 valence electrons. The van der Waals surface area contributed by atoms with Crippen LogP contribution in [0.4, 0.5) is 0 Å². The molecular weight excluding hydrogens is 502 g/mol. The standard InChI is InChI=1S/C14H8I2O5/c15-10-5-8(6-11(16)12(10)17)14(20)21-9-3-1-2-7(4-9)13(18)19/h1-6,17H,(H,18,19). The van der Waals surface area contributed by atoms with Crippen molar-refractivity contribution in [1.82, 2.24) is 0 Å². The van der Waals surface area contributed by atoms with E-state index in [9.17, 15) is 14.7 Å². The molecule has 0 bridgehead atoms. The highest BCUT2D eigenvalue weighted by Gasteiger charge is 2.14. The molecule has 0 fully saturated rings. The second-order valence-electron chi connectivity index (χ2n) is 4.01. The quantitative estimate of drug-likeness (QED) is 0.376. The lowest BCUT2D eigenvalue weighted by Crippen LogP contribution is -2.09. The molecule has 5 nitrogen and oxygen atoms in total. The molecule has 2 aromatic rings. The Bertz CT molecular complexity index is 704. The summed E-state index contributed by atoms with van der Waals surface area (Å²) in [4.78, 5) is 22.9. The molecule has 7 heteroatoms. The predicted molar refractivity (Wildman–Crippen MR) is 91.9 cm³/mol. The van der Waals surface area contributed by atoms with Gasteiger partial charge in [0.2, 0.25) is 0 Å². The molecule has 0 atom stereocenters. The van der Waals surface area contributed by atoms with Gasteiger partial charge in [-0.05, 0) is 75.5 Å². The molecular formula is C14H8I2O5. The minimum Gasteiger partial charge on any atom is -0.506 e. The van der Waals surface area contributed by atoms with Gasteiger partial charge in [0.25, 0.3) is 0 Å². The van der Waals surface area contributed by atoms with E-state index < -0.39 is 11.9 Å². The van der Waals surface area contributed by atoms with Crippen LogP contribution in [0, 0.1) is 7.14 Å². The number of carboxylic acids is 1. The average Bonchev–Trinajstić information content (AvgIpc) is 2.44. The molecule has 0 radical (unpaired) electrons. The van der Waals surface area contributed by atoms with Crippen LogP contribution in [0.2, 0.25) is 0 Å². The van der Waals surface area contributed by atoms with Gasteiger partial charge in [-0.1, -0.05) is 6.07 Å². The van der Waals surface area contributed by atoms with Crippen LogP contribution in [-0.2, 0) is 0 Å². The van der Waals surface area contributed by atoms with Gasteiger partial charge in [-0.3, -0.25) is 0 Å². The number of halogens is 2. The van der Waals surface area contributed by atoms with E-state index in [1.54, 1.807) is 0 Å². The summed E-state index contributed by atoms with van der Waals surface area (Å²) in [7, 11) is 0. The van der Waals surface area contributed by atoms with Crippen LogP contribution in [0.25, 0.3) is 0 Å². The summed E-state index contributed by atoms with van der Waals surface area (Å²) < 4.78 is 6.22. The van der Waals surface area contributed by atoms with Gasteiger partial charge in [-0.15, -0.1) is 0 Å². The normalized spacial score (nSPS) is 10.2. The molecule has 2 aromatic carbocycles. The Labute approximate surface area is 147 Å². The Morgan fingerprint density at radius 2 is 1.62 bits per heavy atom. The van der Waals surface area contributed by atoms with Crippen molar-refractivity contribution in [2.75, 3.05) is 0 Å². The fourth-order valence-electron chi connectivity index (χ4n) is 1.54. The van der Waals surface area contributed by atoms with E-state index in [1.165, 1.54) is 36.4 Å². The number of carboxylic acid groups (broad SMARTS) is 1. The SMILES string of the molecule is O=C(O)c1cccc(OC(=O)c2cc(I)c(O)c(I)c2)c1. The van der Waals surface area contributed by atoms with Crippen LogP contribution in [0.3, 0.4) is 0 Å². The van der Waals surface area contributed by atoms with E-state index in [2.05, 4.69) is 0 Å². The zero-order valence-corrected chi connectivity index (χ0v) is 14.7. The van der Waals surface area contributed by atoms with Crippen LogP contribution in [-0.4, -0.2) is 22.2 Å². The van der Waals surface area contributed by atoms with Crippen LogP contribution >= 0.6 is 45.2 Å². The van der Waals surface area contributed by atoms with Crippen molar-refractivity contribution < 1.29 is 24.5 Å². The van der Waals surface area contributed by atoms with E-state index in [-0.39, 0.29) is 22.6 Å². The van der Waals surface area contributed by atoms with Crippen molar-refractivity contribution in [2.24, 2.45) is 0 Å². The number of carbonyl (C=O) groups excluding carboxylic acids is 1. The number of ether oxygens (including phenoxy) is 1.